The first kappa shape index (κ1) is 10.3. The largest absolute Gasteiger partial charge is 0.492 e. The second-order valence-corrected chi connectivity index (χ2v) is 3.83. The zero-order chi connectivity index (χ0) is 10.7. The van der Waals surface area contributed by atoms with E-state index in [4.69, 9.17) is 4.74 Å². The molecule has 1 aliphatic rings. The molecule has 0 radical (unpaired) electrons. The van der Waals surface area contributed by atoms with Gasteiger partial charge in [-0.15, -0.1) is 0 Å². The number of halogens is 1. The molecule has 0 spiro atoms. The van der Waals surface area contributed by atoms with Crippen LogP contribution in [0.2, 0.25) is 0 Å². The van der Waals surface area contributed by atoms with Crippen LogP contribution in [-0.4, -0.2) is 26.4 Å². The molecule has 1 saturated heterocycles. The quantitative estimate of drug-likeness (QED) is 0.755. The predicted octanol–water partition coefficient (Wildman–Crippen LogP) is 2.49. The zero-order valence-electron chi connectivity index (χ0n) is 8.95. The summed E-state index contributed by atoms with van der Waals surface area (Å²) in [5.41, 5.74) is 1.09. The molecule has 3 heteroatoms. The summed E-state index contributed by atoms with van der Waals surface area (Å²) in [6, 6.07) is 7.93. The van der Waals surface area contributed by atoms with Crippen molar-refractivity contribution in [3.8, 4) is 5.75 Å². The molecule has 1 fully saturated rings. The summed E-state index contributed by atoms with van der Waals surface area (Å²) in [7, 11) is 0. The lowest BCUT2D eigenvalue weighted by atomic mass is 10.0. The molecule has 0 aromatic heterocycles. The summed E-state index contributed by atoms with van der Waals surface area (Å²) in [6.07, 6.45) is 0. The van der Waals surface area contributed by atoms with Gasteiger partial charge in [0.15, 0.2) is 0 Å². The van der Waals surface area contributed by atoms with Gasteiger partial charge in [0.25, 0.3) is 0 Å². The maximum Gasteiger partial charge on any atom is 0.142 e. The monoisotopic (exact) mass is 209 g/mol. The van der Waals surface area contributed by atoms with E-state index in [1.807, 2.05) is 31.2 Å². The van der Waals surface area contributed by atoms with Crippen LogP contribution in [0.4, 0.5) is 10.1 Å². The van der Waals surface area contributed by atoms with Crippen molar-refractivity contribution in [3.05, 3.63) is 24.3 Å². The number of ether oxygens (including phenoxy) is 1. The van der Waals surface area contributed by atoms with Gasteiger partial charge >= 0.3 is 0 Å². The average molecular weight is 209 g/mol. The number of anilines is 1. The minimum absolute atomic E-state index is 0.208. The molecule has 2 rings (SSSR count). The zero-order valence-corrected chi connectivity index (χ0v) is 8.95. The van der Waals surface area contributed by atoms with Crippen molar-refractivity contribution in [1.29, 1.82) is 0 Å². The van der Waals surface area contributed by atoms with Gasteiger partial charge in [0.05, 0.1) is 19.0 Å². The lowest BCUT2D eigenvalue weighted by Gasteiger charge is -2.40. The molecule has 0 aliphatic carbocycles. The highest BCUT2D eigenvalue weighted by Gasteiger charge is 2.28. The molecule has 0 N–H and O–H groups in total. The average Bonchev–Trinajstić information content (AvgIpc) is 2.19. The molecule has 1 aliphatic heterocycles. The molecule has 0 amide bonds. The Morgan fingerprint density at radius 1 is 1.40 bits per heavy atom. The number of rotatable bonds is 4. The third-order valence-corrected chi connectivity index (χ3v) is 2.68. The van der Waals surface area contributed by atoms with E-state index in [0.717, 1.165) is 24.5 Å². The standard InChI is InChI=1S/C12H16FNO/c1-2-15-12-6-4-3-5-11(12)14-8-10(7-13)9-14/h3-6,10H,2,7-9H2,1H3. The molecular formula is C12H16FNO. The van der Waals surface area contributed by atoms with Crippen LogP contribution in [0, 0.1) is 5.92 Å². The van der Waals surface area contributed by atoms with Crippen molar-refractivity contribution >= 4 is 5.69 Å². The van der Waals surface area contributed by atoms with Crippen molar-refractivity contribution in [2.75, 3.05) is 31.3 Å². The fourth-order valence-corrected chi connectivity index (χ4v) is 1.86. The van der Waals surface area contributed by atoms with Crippen molar-refractivity contribution in [2.24, 2.45) is 5.92 Å². The van der Waals surface area contributed by atoms with E-state index in [1.165, 1.54) is 0 Å². The molecule has 15 heavy (non-hydrogen) atoms. The Kier molecular flexibility index (Phi) is 3.09. The van der Waals surface area contributed by atoms with E-state index >= 15 is 0 Å². The second-order valence-electron chi connectivity index (χ2n) is 3.83. The lowest BCUT2D eigenvalue weighted by molar-refractivity contribution is 0.299. The molecular weight excluding hydrogens is 193 g/mol. The summed E-state index contributed by atoms with van der Waals surface area (Å²) < 4.78 is 17.8. The van der Waals surface area contributed by atoms with Crippen LogP contribution in [-0.2, 0) is 0 Å². The Morgan fingerprint density at radius 3 is 2.80 bits per heavy atom. The molecule has 1 heterocycles. The first-order valence-electron chi connectivity index (χ1n) is 5.38. The molecule has 2 nitrogen and oxygen atoms in total. The SMILES string of the molecule is CCOc1ccccc1N1CC(CF)C1. The lowest BCUT2D eigenvalue weighted by Crippen LogP contribution is -2.47. The number of nitrogens with zero attached hydrogens (tertiary/aromatic N) is 1. The Labute approximate surface area is 89.7 Å². The van der Waals surface area contributed by atoms with Crippen molar-refractivity contribution in [3.63, 3.8) is 0 Å². The molecule has 82 valence electrons. The third kappa shape index (κ3) is 2.06. The summed E-state index contributed by atoms with van der Waals surface area (Å²) in [6.45, 7) is 4.03. The first-order chi connectivity index (χ1) is 7.35. The normalized spacial score (nSPS) is 16.3. The van der Waals surface area contributed by atoms with E-state index in [1.54, 1.807) is 0 Å². The number of hydrogen-bond acceptors (Lipinski definition) is 2. The van der Waals surface area contributed by atoms with E-state index in [0.29, 0.717) is 6.61 Å². The molecule has 0 atom stereocenters. The van der Waals surface area contributed by atoms with E-state index in [2.05, 4.69) is 4.90 Å². The van der Waals surface area contributed by atoms with Crippen LogP contribution in [0.25, 0.3) is 0 Å². The minimum Gasteiger partial charge on any atom is -0.492 e. The van der Waals surface area contributed by atoms with Crippen molar-refractivity contribution in [1.82, 2.24) is 0 Å². The highest BCUT2D eigenvalue weighted by Crippen LogP contribution is 2.33. The smallest absolute Gasteiger partial charge is 0.142 e. The van der Waals surface area contributed by atoms with Crippen LogP contribution < -0.4 is 9.64 Å². The number of benzene rings is 1. The molecule has 0 saturated carbocycles. The maximum absolute atomic E-state index is 12.3. The molecule has 0 bridgehead atoms. The summed E-state index contributed by atoms with van der Waals surface area (Å²) in [4.78, 5) is 2.16. The molecule has 1 aromatic rings. The van der Waals surface area contributed by atoms with Crippen LogP contribution in [0.1, 0.15) is 6.92 Å². The summed E-state index contributed by atoms with van der Waals surface area (Å²) in [5.74, 6) is 1.11. The highest BCUT2D eigenvalue weighted by atomic mass is 19.1. The summed E-state index contributed by atoms with van der Waals surface area (Å²) >= 11 is 0. The van der Waals surface area contributed by atoms with Gasteiger partial charge in [-0.25, -0.2) is 0 Å². The highest BCUT2D eigenvalue weighted by molar-refractivity contribution is 5.60. The number of para-hydroxylation sites is 2. The van der Waals surface area contributed by atoms with Crippen molar-refractivity contribution in [2.45, 2.75) is 6.92 Å². The third-order valence-electron chi connectivity index (χ3n) is 2.68. The van der Waals surface area contributed by atoms with Gasteiger partial charge in [0.2, 0.25) is 0 Å². The Hall–Kier alpha value is -1.25. The van der Waals surface area contributed by atoms with Gasteiger partial charge in [-0.3, -0.25) is 4.39 Å². The van der Waals surface area contributed by atoms with Crippen LogP contribution in [0.5, 0.6) is 5.75 Å². The van der Waals surface area contributed by atoms with Crippen LogP contribution in [0.3, 0.4) is 0 Å². The van der Waals surface area contributed by atoms with Gasteiger partial charge in [0.1, 0.15) is 5.75 Å². The number of alkyl halides is 1. The summed E-state index contributed by atoms with van der Waals surface area (Å²) in [5, 5.41) is 0. The van der Waals surface area contributed by atoms with Gasteiger partial charge in [-0.1, -0.05) is 12.1 Å². The Morgan fingerprint density at radius 2 is 2.13 bits per heavy atom. The minimum atomic E-state index is -0.215. The maximum atomic E-state index is 12.3. The van der Waals surface area contributed by atoms with E-state index < -0.39 is 0 Å². The molecule has 1 aromatic carbocycles. The molecule has 0 unspecified atom stereocenters. The van der Waals surface area contributed by atoms with Crippen LogP contribution >= 0.6 is 0 Å². The Balaban J connectivity index is 2.07. The van der Waals surface area contributed by atoms with Gasteiger partial charge in [-0.05, 0) is 19.1 Å². The van der Waals surface area contributed by atoms with Gasteiger partial charge < -0.3 is 9.64 Å². The topological polar surface area (TPSA) is 12.5 Å². The van der Waals surface area contributed by atoms with E-state index in [9.17, 15) is 4.39 Å². The van der Waals surface area contributed by atoms with Gasteiger partial charge in [0, 0.05) is 19.0 Å². The first-order valence-corrected chi connectivity index (χ1v) is 5.38. The predicted molar refractivity (Wildman–Crippen MR) is 59.3 cm³/mol. The number of hydrogen-bond donors (Lipinski definition) is 0. The van der Waals surface area contributed by atoms with Crippen LogP contribution in [0.15, 0.2) is 24.3 Å². The fraction of sp³-hybridized carbons (Fsp3) is 0.500. The Bertz CT molecular complexity index is 323. The second kappa shape index (κ2) is 4.51. The fourth-order valence-electron chi connectivity index (χ4n) is 1.86. The van der Waals surface area contributed by atoms with Gasteiger partial charge in [-0.2, -0.15) is 0 Å². The van der Waals surface area contributed by atoms with E-state index in [-0.39, 0.29) is 12.6 Å². The van der Waals surface area contributed by atoms with Crippen molar-refractivity contribution < 1.29 is 9.13 Å².